The van der Waals surface area contributed by atoms with Crippen LogP contribution >= 0.6 is 11.3 Å². The van der Waals surface area contributed by atoms with Gasteiger partial charge in [-0.1, -0.05) is 24.3 Å². The molecule has 116 valence electrons. The summed E-state index contributed by atoms with van der Waals surface area (Å²) in [7, 11) is 2.01. The number of hydrogen-bond donors (Lipinski definition) is 0. The van der Waals surface area contributed by atoms with Crippen LogP contribution in [-0.2, 0) is 7.05 Å². The van der Waals surface area contributed by atoms with Crippen molar-refractivity contribution in [2.45, 2.75) is 6.92 Å². The topological polar surface area (TPSA) is 8.24 Å². The molecular formula is C20H14FN2S+. The minimum absolute atomic E-state index is 0.0811. The first kappa shape index (κ1) is 14.8. The number of aromatic nitrogens is 1. The fraction of sp³-hybridized carbons (Fsp3) is 0.100. The van der Waals surface area contributed by atoms with Gasteiger partial charge in [0.1, 0.15) is 12.9 Å². The van der Waals surface area contributed by atoms with Crippen LogP contribution in [0.15, 0.2) is 48.7 Å². The molecule has 2 aromatic heterocycles. The summed E-state index contributed by atoms with van der Waals surface area (Å²) in [5.74, 6) is -0.412. The highest BCUT2D eigenvalue weighted by molar-refractivity contribution is 7.26. The summed E-state index contributed by atoms with van der Waals surface area (Å²) >= 11 is 1.43. The lowest BCUT2D eigenvalue weighted by Crippen LogP contribution is -2.30. The average molecular weight is 333 g/mol. The van der Waals surface area contributed by atoms with E-state index in [1.54, 1.807) is 6.07 Å². The number of pyridine rings is 1. The quantitative estimate of drug-likeness (QED) is 0.319. The predicted octanol–water partition coefficient (Wildman–Crippen LogP) is 5.54. The third-order valence-electron chi connectivity index (χ3n) is 4.37. The molecule has 0 saturated heterocycles. The number of rotatable bonds is 1. The van der Waals surface area contributed by atoms with Crippen molar-refractivity contribution in [2.24, 2.45) is 7.05 Å². The molecule has 4 aromatic rings. The molecule has 0 saturated carbocycles. The molecule has 0 aliphatic rings. The normalized spacial score (nSPS) is 11.1. The van der Waals surface area contributed by atoms with Crippen molar-refractivity contribution in [1.29, 1.82) is 0 Å². The second kappa shape index (κ2) is 5.40. The van der Waals surface area contributed by atoms with E-state index in [1.165, 1.54) is 11.3 Å². The Bertz CT molecular complexity index is 1150. The molecule has 24 heavy (non-hydrogen) atoms. The lowest BCUT2D eigenvalue weighted by atomic mass is 10.0. The first-order valence-corrected chi connectivity index (χ1v) is 8.40. The van der Waals surface area contributed by atoms with Gasteiger partial charge in [0.2, 0.25) is 11.4 Å². The van der Waals surface area contributed by atoms with Crippen molar-refractivity contribution in [2.75, 3.05) is 0 Å². The molecule has 0 fully saturated rings. The molecular weight excluding hydrogens is 319 g/mol. The number of halogens is 1. The fourth-order valence-electron chi connectivity index (χ4n) is 3.15. The third-order valence-corrected chi connectivity index (χ3v) is 5.60. The second-order valence-corrected chi connectivity index (χ2v) is 6.84. The van der Waals surface area contributed by atoms with E-state index in [4.69, 9.17) is 6.57 Å². The maximum Gasteiger partial charge on any atom is 0.223 e. The summed E-state index contributed by atoms with van der Waals surface area (Å²) in [6.45, 7) is 9.20. The van der Waals surface area contributed by atoms with Crippen molar-refractivity contribution in [3.63, 3.8) is 0 Å². The number of fused-ring (bicyclic) bond motifs is 3. The number of aryl methyl sites for hydroxylation is 2. The summed E-state index contributed by atoms with van der Waals surface area (Å²) in [5.41, 5.74) is 3.46. The largest absolute Gasteiger partial charge is 0.235 e. The highest BCUT2D eigenvalue weighted by atomic mass is 32.1. The molecule has 0 amide bonds. The minimum atomic E-state index is -0.412. The summed E-state index contributed by atoms with van der Waals surface area (Å²) in [6, 6.07) is 13.6. The monoisotopic (exact) mass is 333 g/mol. The Morgan fingerprint density at radius 1 is 1.04 bits per heavy atom. The highest BCUT2D eigenvalue weighted by Crippen LogP contribution is 2.43. The molecule has 4 heteroatoms. The van der Waals surface area contributed by atoms with Crippen LogP contribution in [0.5, 0.6) is 0 Å². The average Bonchev–Trinajstić information content (AvgIpc) is 2.96. The minimum Gasteiger partial charge on any atom is -0.235 e. The van der Waals surface area contributed by atoms with Gasteiger partial charge in [0.15, 0.2) is 6.20 Å². The molecule has 2 aromatic carbocycles. The number of benzene rings is 2. The van der Waals surface area contributed by atoms with Gasteiger partial charge in [0.05, 0.1) is 16.8 Å². The van der Waals surface area contributed by atoms with Crippen LogP contribution in [0.4, 0.5) is 10.1 Å². The van der Waals surface area contributed by atoms with Gasteiger partial charge in [0, 0.05) is 27.6 Å². The van der Waals surface area contributed by atoms with Crippen LogP contribution in [0.1, 0.15) is 5.56 Å². The molecule has 2 heterocycles. The lowest BCUT2D eigenvalue weighted by Gasteiger charge is -2.05. The van der Waals surface area contributed by atoms with Crippen molar-refractivity contribution in [1.82, 2.24) is 0 Å². The molecule has 0 unspecified atom stereocenters. The van der Waals surface area contributed by atoms with E-state index >= 15 is 0 Å². The van der Waals surface area contributed by atoms with E-state index in [2.05, 4.69) is 28.5 Å². The van der Waals surface area contributed by atoms with Crippen LogP contribution in [0.25, 0.3) is 36.3 Å². The predicted molar refractivity (Wildman–Crippen MR) is 96.9 cm³/mol. The summed E-state index contributed by atoms with van der Waals surface area (Å²) < 4.78 is 18.3. The molecule has 0 bridgehead atoms. The number of thiophene rings is 1. The standard InChI is InChI=1S/C20H14FN2S/c1-12-7-8-13-14-9-10-15(22-2)18(21)20(14)24-19(13)17(12)16-6-4-5-11-23(16)3/h4-11H,1,3H3/q+1. The second-order valence-electron chi connectivity index (χ2n) is 5.82. The van der Waals surface area contributed by atoms with Gasteiger partial charge in [-0.3, -0.25) is 0 Å². The summed E-state index contributed by atoms with van der Waals surface area (Å²) in [4.78, 5) is 3.28. The maximum absolute atomic E-state index is 14.6. The highest BCUT2D eigenvalue weighted by Gasteiger charge is 2.20. The molecule has 0 aliphatic carbocycles. The zero-order valence-corrected chi connectivity index (χ0v) is 14.1. The zero-order valence-electron chi connectivity index (χ0n) is 13.3. The van der Waals surface area contributed by atoms with Crippen molar-refractivity contribution < 1.29 is 8.96 Å². The zero-order chi connectivity index (χ0) is 16.8. The lowest BCUT2D eigenvalue weighted by molar-refractivity contribution is -0.660. The Kier molecular flexibility index (Phi) is 3.33. The molecule has 2 nitrogen and oxygen atoms in total. The van der Waals surface area contributed by atoms with Gasteiger partial charge >= 0.3 is 0 Å². The molecule has 0 atom stereocenters. The number of nitrogens with zero attached hydrogens (tertiary/aromatic N) is 2. The Hall–Kier alpha value is -2.77. The van der Waals surface area contributed by atoms with Crippen LogP contribution in [0, 0.1) is 19.3 Å². The SMILES string of the molecule is [C-]#[N+]c1ccc2c(sc3c(-c4cccc[n+]4C)c(C)ccc32)c1F. The number of hydrogen-bond acceptors (Lipinski definition) is 1. The Labute approximate surface area is 143 Å². The van der Waals surface area contributed by atoms with Crippen LogP contribution in [-0.4, -0.2) is 0 Å². The third kappa shape index (κ3) is 2.02. The molecule has 0 radical (unpaired) electrons. The van der Waals surface area contributed by atoms with Gasteiger partial charge in [0.25, 0.3) is 0 Å². The molecule has 0 spiro atoms. The van der Waals surface area contributed by atoms with E-state index < -0.39 is 5.82 Å². The first-order valence-electron chi connectivity index (χ1n) is 7.58. The van der Waals surface area contributed by atoms with Gasteiger partial charge in [-0.05, 0) is 18.6 Å². The van der Waals surface area contributed by atoms with Gasteiger partial charge in [-0.2, -0.15) is 0 Å². The van der Waals surface area contributed by atoms with Gasteiger partial charge in [-0.15, -0.1) is 11.3 Å². The van der Waals surface area contributed by atoms with E-state index in [0.717, 1.165) is 32.3 Å². The van der Waals surface area contributed by atoms with E-state index in [-0.39, 0.29) is 5.69 Å². The molecule has 0 N–H and O–H groups in total. The summed E-state index contributed by atoms with van der Waals surface area (Å²) in [6.07, 6.45) is 2.01. The smallest absolute Gasteiger partial charge is 0.223 e. The van der Waals surface area contributed by atoms with Crippen LogP contribution < -0.4 is 4.57 Å². The first-order chi connectivity index (χ1) is 11.6. The fourth-order valence-corrected chi connectivity index (χ4v) is 4.49. The van der Waals surface area contributed by atoms with Crippen molar-refractivity contribution in [3.05, 3.63) is 71.5 Å². The van der Waals surface area contributed by atoms with E-state index in [9.17, 15) is 4.39 Å². The van der Waals surface area contributed by atoms with E-state index in [1.807, 2.05) is 37.5 Å². The Morgan fingerprint density at radius 3 is 2.54 bits per heavy atom. The van der Waals surface area contributed by atoms with E-state index in [0.29, 0.717) is 4.70 Å². The van der Waals surface area contributed by atoms with Crippen molar-refractivity contribution in [3.8, 4) is 11.3 Å². The van der Waals surface area contributed by atoms with Crippen LogP contribution in [0.2, 0.25) is 0 Å². The summed E-state index contributed by atoms with van der Waals surface area (Å²) in [5, 5.41) is 1.91. The van der Waals surface area contributed by atoms with Gasteiger partial charge in [-0.25, -0.2) is 13.8 Å². The molecule has 0 aliphatic heterocycles. The van der Waals surface area contributed by atoms with Crippen molar-refractivity contribution >= 4 is 37.2 Å². The Balaban J connectivity index is 2.17. The van der Waals surface area contributed by atoms with Crippen LogP contribution in [0.3, 0.4) is 0 Å². The maximum atomic E-state index is 14.6. The van der Waals surface area contributed by atoms with Gasteiger partial charge < -0.3 is 0 Å². The Morgan fingerprint density at radius 2 is 1.79 bits per heavy atom. The molecule has 4 rings (SSSR count).